The molecule has 2 N–H and O–H groups in total. The van der Waals surface area contributed by atoms with Crippen LogP contribution in [0.2, 0.25) is 0 Å². The Morgan fingerprint density at radius 2 is 2.19 bits per heavy atom. The molecule has 0 saturated carbocycles. The minimum absolute atomic E-state index is 0.0672. The monoisotopic (exact) mass is 290 g/mol. The van der Waals surface area contributed by atoms with Crippen molar-refractivity contribution in [2.24, 2.45) is 0 Å². The van der Waals surface area contributed by atoms with Gasteiger partial charge in [-0.3, -0.25) is 9.69 Å². The third kappa shape index (κ3) is 4.83. The summed E-state index contributed by atoms with van der Waals surface area (Å²) in [6.07, 6.45) is 4.90. The predicted molar refractivity (Wildman–Crippen MR) is 85.3 cm³/mol. The van der Waals surface area contributed by atoms with E-state index in [2.05, 4.69) is 10.2 Å². The number of hydrogen-bond acceptors (Lipinski definition) is 3. The molecule has 0 aliphatic carbocycles. The van der Waals surface area contributed by atoms with Gasteiger partial charge in [0, 0.05) is 31.3 Å². The largest absolute Gasteiger partial charge is 0.396 e. The Bertz CT molecular complexity index is 460. The molecule has 4 heteroatoms. The molecular weight excluding hydrogens is 264 g/mol. The number of carbonyl (C=O) groups is 1. The standard InChI is InChI=1S/C17H26N2O2/c1-14-6-2-3-8-16(14)18-17(21)9-12-19-11-5-4-7-15(19)10-13-20/h2-3,6,8,15,20H,4-5,7,9-13H2,1H3,(H,18,21). The summed E-state index contributed by atoms with van der Waals surface area (Å²) in [6, 6.07) is 8.28. The number of hydrogen-bond donors (Lipinski definition) is 2. The number of aliphatic hydroxyl groups excluding tert-OH is 1. The zero-order valence-electron chi connectivity index (χ0n) is 12.8. The quantitative estimate of drug-likeness (QED) is 0.846. The summed E-state index contributed by atoms with van der Waals surface area (Å²) in [5.74, 6) is 0.0672. The van der Waals surface area contributed by atoms with Gasteiger partial charge in [0.1, 0.15) is 0 Å². The number of anilines is 1. The third-order valence-corrected chi connectivity index (χ3v) is 4.26. The Labute approximate surface area is 127 Å². The van der Waals surface area contributed by atoms with Crippen molar-refractivity contribution in [1.82, 2.24) is 4.90 Å². The Hall–Kier alpha value is -1.39. The Kier molecular flexibility index (Phi) is 6.21. The molecule has 1 aromatic carbocycles. The van der Waals surface area contributed by atoms with E-state index < -0.39 is 0 Å². The van der Waals surface area contributed by atoms with E-state index in [0.29, 0.717) is 12.5 Å². The van der Waals surface area contributed by atoms with Crippen LogP contribution in [0.25, 0.3) is 0 Å². The normalized spacial score (nSPS) is 19.4. The Morgan fingerprint density at radius 1 is 1.38 bits per heavy atom. The number of para-hydroxylation sites is 1. The number of carbonyl (C=O) groups excluding carboxylic acids is 1. The molecule has 0 spiro atoms. The maximum absolute atomic E-state index is 12.1. The van der Waals surface area contributed by atoms with Gasteiger partial charge in [0.2, 0.25) is 5.91 Å². The number of aliphatic hydroxyl groups is 1. The number of nitrogens with zero attached hydrogens (tertiary/aromatic N) is 1. The molecule has 1 heterocycles. The third-order valence-electron chi connectivity index (χ3n) is 4.26. The van der Waals surface area contributed by atoms with E-state index in [1.165, 1.54) is 12.8 Å². The van der Waals surface area contributed by atoms with E-state index in [9.17, 15) is 4.79 Å². The summed E-state index contributed by atoms with van der Waals surface area (Å²) in [7, 11) is 0. The maximum Gasteiger partial charge on any atom is 0.225 e. The predicted octanol–water partition coefficient (Wildman–Crippen LogP) is 2.56. The van der Waals surface area contributed by atoms with Crippen LogP contribution in [0.3, 0.4) is 0 Å². The fourth-order valence-corrected chi connectivity index (χ4v) is 3.00. The molecule has 1 saturated heterocycles. The molecule has 1 aliphatic rings. The van der Waals surface area contributed by atoms with Crippen molar-refractivity contribution < 1.29 is 9.90 Å². The number of likely N-dealkylation sites (tertiary alicyclic amines) is 1. The lowest BCUT2D eigenvalue weighted by atomic mass is 9.99. The summed E-state index contributed by atoms with van der Waals surface area (Å²) in [6.45, 7) is 4.05. The van der Waals surface area contributed by atoms with E-state index >= 15 is 0 Å². The number of piperidine rings is 1. The molecule has 1 amide bonds. The molecule has 1 aliphatic heterocycles. The number of aryl methyl sites for hydroxylation is 1. The highest BCUT2D eigenvalue weighted by molar-refractivity contribution is 5.91. The van der Waals surface area contributed by atoms with Crippen LogP contribution < -0.4 is 5.32 Å². The van der Waals surface area contributed by atoms with Gasteiger partial charge in [0.05, 0.1) is 0 Å². The lowest BCUT2D eigenvalue weighted by Gasteiger charge is -2.35. The molecule has 2 rings (SSSR count). The van der Waals surface area contributed by atoms with E-state index in [-0.39, 0.29) is 12.5 Å². The highest BCUT2D eigenvalue weighted by atomic mass is 16.3. The number of benzene rings is 1. The van der Waals surface area contributed by atoms with Gasteiger partial charge in [-0.15, -0.1) is 0 Å². The Balaban J connectivity index is 1.81. The minimum Gasteiger partial charge on any atom is -0.396 e. The van der Waals surface area contributed by atoms with Crippen LogP contribution in [-0.4, -0.2) is 41.7 Å². The first-order valence-electron chi connectivity index (χ1n) is 7.91. The molecule has 116 valence electrons. The van der Waals surface area contributed by atoms with Crippen molar-refractivity contribution in [2.75, 3.05) is 25.0 Å². The molecule has 1 fully saturated rings. The first-order chi connectivity index (χ1) is 10.2. The van der Waals surface area contributed by atoms with Gasteiger partial charge in [-0.05, 0) is 44.4 Å². The zero-order valence-corrected chi connectivity index (χ0v) is 12.8. The average molecular weight is 290 g/mol. The summed E-state index contributed by atoms with van der Waals surface area (Å²) in [5.41, 5.74) is 1.98. The smallest absolute Gasteiger partial charge is 0.225 e. The second kappa shape index (κ2) is 8.15. The number of amides is 1. The summed E-state index contributed by atoms with van der Waals surface area (Å²) >= 11 is 0. The van der Waals surface area contributed by atoms with Crippen LogP contribution in [0.5, 0.6) is 0 Å². The maximum atomic E-state index is 12.1. The fourth-order valence-electron chi connectivity index (χ4n) is 3.00. The van der Waals surface area contributed by atoms with Crippen LogP contribution in [0.1, 0.15) is 37.7 Å². The van der Waals surface area contributed by atoms with Gasteiger partial charge in [-0.25, -0.2) is 0 Å². The van der Waals surface area contributed by atoms with E-state index in [1.54, 1.807) is 0 Å². The first-order valence-corrected chi connectivity index (χ1v) is 7.91. The lowest BCUT2D eigenvalue weighted by Crippen LogP contribution is -2.41. The van der Waals surface area contributed by atoms with Crippen molar-refractivity contribution in [3.05, 3.63) is 29.8 Å². The highest BCUT2D eigenvalue weighted by Crippen LogP contribution is 2.20. The van der Waals surface area contributed by atoms with Crippen molar-refractivity contribution in [3.63, 3.8) is 0 Å². The van der Waals surface area contributed by atoms with Crippen LogP contribution in [-0.2, 0) is 4.79 Å². The van der Waals surface area contributed by atoms with Gasteiger partial charge >= 0.3 is 0 Å². The van der Waals surface area contributed by atoms with Gasteiger partial charge in [-0.2, -0.15) is 0 Å². The molecule has 0 aromatic heterocycles. The van der Waals surface area contributed by atoms with Crippen LogP contribution in [0.4, 0.5) is 5.69 Å². The molecule has 1 atom stereocenters. The van der Waals surface area contributed by atoms with Crippen LogP contribution in [0, 0.1) is 6.92 Å². The summed E-state index contributed by atoms with van der Waals surface area (Å²) in [5, 5.41) is 12.1. The SMILES string of the molecule is Cc1ccccc1NC(=O)CCN1CCCCC1CCO. The van der Waals surface area contributed by atoms with Gasteiger partial charge < -0.3 is 10.4 Å². The van der Waals surface area contributed by atoms with Crippen LogP contribution in [0.15, 0.2) is 24.3 Å². The van der Waals surface area contributed by atoms with Gasteiger partial charge in [0.15, 0.2) is 0 Å². The van der Waals surface area contributed by atoms with E-state index in [0.717, 1.165) is 37.2 Å². The minimum atomic E-state index is 0.0672. The second-order valence-corrected chi connectivity index (χ2v) is 5.81. The molecule has 1 aromatic rings. The number of nitrogens with one attached hydrogen (secondary N) is 1. The summed E-state index contributed by atoms with van der Waals surface area (Å²) in [4.78, 5) is 14.4. The molecule has 21 heavy (non-hydrogen) atoms. The lowest BCUT2D eigenvalue weighted by molar-refractivity contribution is -0.116. The fraction of sp³-hybridized carbons (Fsp3) is 0.588. The zero-order chi connectivity index (χ0) is 15.1. The molecule has 1 unspecified atom stereocenters. The average Bonchev–Trinajstić information content (AvgIpc) is 2.49. The van der Waals surface area contributed by atoms with Crippen molar-refractivity contribution >= 4 is 11.6 Å². The molecule has 4 nitrogen and oxygen atoms in total. The first kappa shape index (κ1) is 16.0. The Morgan fingerprint density at radius 3 is 2.95 bits per heavy atom. The molecule has 0 radical (unpaired) electrons. The second-order valence-electron chi connectivity index (χ2n) is 5.81. The highest BCUT2D eigenvalue weighted by Gasteiger charge is 2.22. The number of rotatable bonds is 6. The van der Waals surface area contributed by atoms with E-state index in [4.69, 9.17) is 5.11 Å². The topological polar surface area (TPSA) is 52.6 Å². The van der Waals surface area contributed by atoms with Gasteiger partial charge in [-0.1, -0.05) is 24.6 Å². The van der Waals surface area contributed by atoms with Crippen molar-refractivity contribution in [2.45, 2.75) is 45.1 Å². The van der Waals surface area contributed by atoms with E-state index in [1.807, 2.05) is 31.2 Å². The summed E-state index contributed by atoms with van der Waals surface area (Å²) < 4.78 is 0. The molecule has 0 bridgehead atoms. The van der Waals surface area contributed by atoms with Crippen molar-refractivity contribution in [1.29, 1.82) is 0 Å². The van der Waals surface area contributed by atoms with Crippen LogP contribution >= 0.6 is 0 Å². The molecular formula is C17H26N2O2. The van der Waals surface area contributed by atoms with Gasteiger partial charge in [0.25, 0.3) is 0 Å². The van der Waals surface area contributed by atoms with Crippen molar-refractivity contribution in [3.8, 4) is 0 Å².